The molecule has 5 heteroatoms. The molecule has 1 aliphatic rings. The van der Waals surface area contributed by atoms with Gasteiger partial charge in [-0.05, 0) is 31.6 Å². The second-order valence-electron chi connectivity index (χ2n) is 5.58. The first-order valence-corrected chi connectivity index (χ1v) is 7.34. The van der Waals surface area contributed by atoms with Gasteiger partial charge in [0.2, 0.25) is 11.8 Å². The summed E-state index contributed by atoms with van der Waals surface area (Å²) in [5.41, 5.74) is 6.00. The van der Waals surface area contributed by atoms with Crippen LogP contribution in [0.3, 0.4) is 0 Å². The Morgan fingerprint density at radius 2 is 1.95 bits per heavy atom. The molecule has 0 spiro atoms. The van der Waals surface area contributed by atoms with Gasteiger partial charge in [-0.25, -0.2) is 0 Å². The van der Waals surface area contributed by atoms with Crippen molar-refractivity contribution in [2.75, 3.05) is 13.1 Å². The molecule has 0 radical (unpaired) electrons. The predicted octanol–water partition coefficient (Wildman–Crippen LogP) is 0.782. The van der Waals surface area contributed by atoms with Gasteiger partial charge in [0.05, 0.1) is 5.92 Å². The van der Waals surface area contributed by atoms with Gasteiger partial charge >= 0.3 is 0 Å². The molecule has 3 atom stereocenters. The smallest absolute Gasteiger partial charge is 0.224 e. The summed E-state index contributed by atoms with van der Waals surface area (Å²) in [6, 6.07) is -0.0369. The average molecular weight is 269 g/mol. The molecule has 1 rings (SSSR count). The maximum Gasteiger partial charge on any atom is 0.224 e. The normalized spacial score (nSPS) is 26.8. The van der Waals surface area contributed by atoms with Crippen molar-refractivity contribution in [1.29, 1.82) is 0 Å². The van der Waals surface area contributed by atoms with Crippen molar-refractivity contribution in [2.45, 2.75) is 52.0 Å². The van der Waals surface area contributed by atoms with Crippen molar-refractivity contribution < 1.29 is 9.59 Å². The molecule has 0 saturated heterocycles. The lowest BCUT2D eigenvalue weighted by Crippen LogP contribution is -2.45. The summed E-state index contributed by atoms with van der Waals surface area (Å²) < 4.78 is 0. The summed E-state index contributed by atoms with van der Waals surface area (Å²) in [5, 5.41) is 5.62. The van der Waals surface area contributed by atoms with Crippen molar-refractivity contribution in [3.63, 3.8) is 0 Å². The minimum atomic E-state index is -0.0950. The Hall–Kier alpha value is -1.10. The fourth-order valence-electron chi connectivity index (χ4n) is 2.49. The molecule has 1 aliphatic carbocycles. The zero-order valence-electron chi connectivity index (χ0n) is 12.1. The molecule has 19 heavy (non-hydrogen) atoms. The topological polar surface area (TPSA) is 84.2 Å². The van der Waals surface area contributed by atoms with Crippen LogP contribution >= 0.6 is 0 Å². The van der Waals surface area contributed by atoms with Crippen molar-refractivity contribution >= 4 is 11.8 Å². The van der Waals surface area contributed by atoms with E-state index in [1.807, 2.05) is 6.92 Å². The van der Waals surface area contributed by atoms with Crippen LogP contribution < -0.4 is 16.4 Å². The lowest BCUT2D eigenvalue weighted by Gasteiger charge is -2.31. The number of carbonyl (C=O) groups excluding carboxylic acids is 2. The van der Waals surface area contributed by atoms with E-state index in [0.717, 1.165) is 25.7 Å². The maximum atomic E-state index is 12.0. The highest BCUT2D eigenvalue weighted by atomic mass is 16.2. The van der Waals surface area contributed by atoms with Gasteiger partial charge in [0.25, 0.3) is 0 Å². The number of carbonyl (C=O) groups is 2. The molecular weight excluding hydrogens is 242 g/mol. The van der Waals surface area contributed by atoms with Gasteiger partial charge in [0.15, 0.2) is 0 Å². The average Bonchev–Trinajstić information content (AvgIpc) is 2.39. The lowest BCUT2D eigenvalue weighted by atomic mass is 9.79. The summed E-state index contributed by atoms with van der Waals surface area (Å²) in [5.74, 6) is 0.455. The van der Waals surface area contributed by atoms with Crippen LogP contribution in [0.25, 0.3) is 0 Å². The summed E-state index contributed by atoms with van der Waals surface area (Å²) in [6.07, 6.45) is 4.13. The van der Waals surface area contributed by atoms with Crippen LogP contribution in [0.2, 0.25) is 0 Å². The Bertz CT molecular complexity index is 307. The second kappa shape index (κ2) is 8.15. The van der Waals surface area contributed by atoms with E-state index < -0.39 is 0 Å². The van der Waals surface area contributed by atoms with Gasteiger partial charge in [0.1, 0.15) is 0 Å². The minimum absolute atomic E-state index is 0.00217. The quantitative estimate of drug-likeness (QED) is 0.666. The number of amides is 2. The zero-order valence-corrected chi connectivity index (χ0v) is 12.1. The molecule has 2 amide bonds. The van der Waals surface area contributed by atoms with Crippen LogP contribution in [0, 0.1) is 11.8 Å². The molecule has 1 saturated carbocycles. The maximum absolute atomic E-state index is 12.0. The van der Waals surface area contributed by atoms with Crippen LogP contribution in [0.15, 0.2) is 0 Å². The first-order chi connectivity index (χ1) is 9.04. The van der Waals surface area contributed by atoms with Crippen molar-refractivity contribution in [3.05, 3.63) is 0 Å². The Morgan fingerprint density at radius 3 is 2.63 bits per heavy atom. The molecule has 0 aromatic rings. The Labute approximate surface area is 115 Å². The van der Waals surface area contributed by atoms with Crippen LogP contribution in [0.5, 0.6) is 0 Å². The third kappa shape index (κ3) is 5.59. The third-order valence-electron chi connectivity index (χ3n) is 3.73. The van der Waals surface area contributed by atoms with E-state index in [1.54, 1.807) is 0 Å². The molecule has 0 aliphatic heterocycles. The highest BCUT2D eigenvalue weighted by Gasteiger charge is 2.31. The number of rotatable bonds is 6. The number of nitrogens with one attached hydrogen (secondary N) is 2. The standard InChI is InChI=1S/C14H27N3O2/c1-3-7-16-13(18)6-8-17-14(19)11-9-10(2)4-5-12(11)15/h10-12H,3-9,15H2,1-2H3,(H,16,18)(H,17,19). The molecule has 0 heterocycles. The predicted molar refractivity (Wildman–Crippen MR) is 75.4 cm³/mol. The van der Waals surface area contributed by atoms with Crippen LogP contribution in [-0.4, -0.2) is 30.9 Å². The lowest BCUT2D eigenvalue weighted by molar-refractivity contribution is -0.127. The SMILES string of the molecule is CCCNC(=O)CCNC(=O)C1CC(C)CCC1N. The molecule has 4 N–H and O–H groups in total. The first-order valence-electron chi connectivity index (χ1n) is 7.34. The van der Waals surface area contributed by atoms with E-state index >= 15 is 0 Å². The second-order valence-corrected chi connectivity index (χ2v) is 5.58. The van der Waals surface area contributed by atoms with Gasteiger partial charge < -0.3 is 16.4 Å². The molecule has 3 unspecified atom stereocenters. The summed E-state index contributed by atoms with van der Waals surface area (Å²) in [6.45, 7) is 5.25. The molecule has 0 aromatic heterocycles. The van der Waals surface area contributed by atoms with Crippen molar-refractivity contribution in [3.8, 4) is 0 Å². The Balaban J connectivity index is 2.24. The zero-order chi connectivity index (χ0) is 14.3. The van der Waals surface area contributed by atoms with E-state index in [2.05, 4.69) is 17.6 Å². The van der Waals surface area contributed by atoms with Crippen LogP contribution in [-0.2, 0) is 9.59 Å². The number of nitrogens with two attached hydrogens (primary N) is 1. The van der Waals surface area contributed by atoms with Gasteiger partial charge in [0, 0.05) is 25.6 Å². The largest absolute Gasteiger partial charge is 0.356 e. The van der Waals surface area contributed by atoms with Crippen LogP contribution in [0.4, 0.5) is 0 Å². The minimum Gasteiger partial charge on any atom is -0.356 e. The number of hydrogen-bond donors (Lipinski definition) is 3. The fourth-order valence-corrected chi connectivity index (χ4v) is 2.49. The van der Waals surface area contributed by atoms with Crippen molar-refractivity contribution in [2.24, 2.45) is 17.6 Å². The molecular formula is C14H27N3O2. The first kappa shape index (κ1) is 16.0. The molecule has 5 nitrogen and oxygen atoms in total. The molecule has 0 aromatic carbocycles. The van der Waals surface area contributed by atoms with E-state index in [1.165, 1.54) is 0 Å². The summed E-state index contributed by atoms with van der Waals surface area (Å²) in [4.78, 5) is 23.4. The highest BCUT2D eigenvalue weighted by Crippen LogP contribution is 2.27. The van der Waals surface area contributed by atoms with E-state index in [4.69, 9.17) is 5.73 Å². The van der Waals surface area contributed by atoms with Gasteiger partial charge in [-0.2, -0.15) is 0 Å². The van der Waals surface area contributed by atoms with E-state index in [-0.39, 0.29) is 23.8 Å². The Kier molecular flexibility index (Phi) is 6.84. The van der Waals surface area contributed by atoms with Crippen LogP contribution in [0.1, 0.15) is 46.0 Å². The van der Waals surface area contributed by atoms with Gasteiger partial charge in [-0.3, -0.25) is 9.59 Å². The molecule has 0 bridgehead atoms. The van der Waals surface area contributed by atoms with E-state index in [9.17, 15) is 9.59 Å². The fraction of sp³-hybridized carbons (Fsp3) is 0.857. The van der Waals surface area contributed by atoms with E-state index in [0.29, 0.717) is 25.4 Å². The number of hydrogen-bond acceptors (Lipinski definition) is 3. The summed E-state index contributed by atoms with van der Waals surface area (Å²) in [7, 11) is 0. The third-order valence-corrected chi connectivity index (χ3v) is 3.73. The van der Waals surface area contributed by atoms with Gasteiger partial charge in [-0.15, -0.1) is 0 Å². The monoisotopic (exact) mass is 269 g/mol. The molecule has 110 valence electrons. The molecule has 1 fully saturated rings. The highest BCUT2D eigenvalue weighted by molar-refractivity contribution is 5.81. The summed E-state index contributed by atoms with van der Waals surface area (Å²) >= 11 is 0. The van der Waals surface area contributed by atoms with Gasteiger partial charge in [-0.1, -0.05) is 13.8 Å². The Morgan fingerprint density at radius 1 is 1.21 bits per heavy atom. The van der Waals surface area contributed by atoms with Crippen molar-refractivity contribution in [1.82, 2.24) is 10.6 Å².